The van der Waals surface area contributed by atoms with Gasteiger partial charge in [0, 0.05) is 6.21 Å². The van der Waals surface area contributed by atoms with Gasteiger partial charge in [-0.1, -0.05) is 6.58 Å². The summed E-state index contributed by atoms with van der Waals surface area (Å²) in [6.45, 7) is 3.53. The van der Waals surface area contributed by atoms with Crippen molar-refractivity contribution in [3.8, 4) is 0 Å². The molecule has 2 heteroatoms. The van der Waals surface area contributed by atoms with Gasteiger partial charge in [0.1, 0.15) is 0 Å². The number of nitrogens with zero attached hydrogens (tertiary/aromatic N) is 1. The van der Waals surface area contributed by atoms with E-state index in [9.17, 15) is 4.79 Å². The minimum Gasteiger partial charge on any atom is -0.272 e. The average Bonchev–Trinajstić information content (AvgIpc) is 1.87. The van der Waals surface area contributed by atoms with Crippen LogP contribution in [0.15, 0.2) is 17.1 Å². The molecule has 0 atom stereocenters. The highest BCUT2D eigenvalue weighted by molar-refractivity contribution is 6.01. The summed E-state index contributed by atoms with van der Waals surface area (Å²) in [4.78, 5) is 13.6. The Morgan fingerprint density at radius 2 is 2.57 bits per heavy atom. The fourth-order valence-corrected chi connectivity index (χ4v) is 0.449. The lowest BCUT2D eigenvalue weighted by Gasteiger charge is -1.75. The molecule has 7 heavy (non-hydrogen) atoms. The van der Waals surface area contributed by atoms with Crippen LogP contribution in [0.1, 0.15) is 6.42 Å². The first kappa shape index (κ1) is 4.24. The van der Waals surface area contributed by atoms with Gasteiger partial charge in [0.2, 0.25) is 5.91 Å². The topological polar surface area (TPSA) is 29.4 Å². The molecule has 1 aliphatic heterocycles. The number of aliphatic imine (C=N–C) groups is 1. The largest absolute Gasteiger partial charge is 0.272 e. The van der Waals surface area contributed by atoms with Gasteiger partial charge in [0.25, 0.3) is 0 Å². The third-order valence-electron chi connectivity index (χ3n) is 0.769. The summed E-state index contributed by atoms with van der Waals surface area (Å²) in [6, 6.07) is 0. The summed E-state index contributed by atoms with van der Waals surface area (Å²) in [5.41, 5.74) is 0.810. The normalized spacial score (nSPS) is 18.9. The van der Waals surface area contributed by atoms with E-state index in [1.54, 1.807) is 0 Å². The lowest BCUT2D eigenvalue weighted by Crippen LogP contribution is -1.81. The lowest BCUT2D eigenvalue weighted by atomic mass is 10.3. The van der Waals surface area contributed by atoms with Crippen molar-refractivity contribution in [2.24, 2.45) is 4.99 Å². The Bertz CT molecular complexity index is 130. The van der Waals surface area contributed by atoms with Crippen LogP contribution in [0.5, 0.6) is 0 Å². The predicted molar refractivity (Wildman–Crippen MR) is 27.3 cm³/mol. The average molecular weight is 95.1 g/mol. The van der Waals surface area contributed by atoms with E-state index < -0.39 is 0 Å². The van der Waals surface area contributed by atoms with E-state index >= 15 is 0 Å². The molecule has 0 N–H and O–H groups in total. The molecule has 0 aromatic rings. The van der Waals surface area contributed by atoms with Gasteiger partial charge in [0.15, 0.2) is 0 Å². The second-order valence-electron chi connectivity index (χ2n) is 1.49. The van der Waals surface area contributed by atoms with Crippen LogP contribution in [0.3, 0.4) is 0 Å². The Balaban J connectivity index is 2.76. The van der Waals surface area contributed by atoms with Crippen molar-refractivity contribution in [2.75, 3.05) is 0 Å². The van der Waals surface area contributed by atoms with Gasteiger partial charge in [-0.15, -0.1) is 0 Å². The van der Waals surface area contributed by atoms with Crippen LogP contribution in [-0.2, 0) is 4.79 Å². The van der Waals surface area contributed by atoms with E-state index in [0.29, 0.717) is 6.42 Å². The van der Waals surface area contributed by atoms with Crippen molar-refractivity contribution in [2.45, 2.75) is 6.42 Å². The van der Waals surface area contributed by atoms with Gasteiger partial charge >= 0.3 is 0 Å². The molecule has 0 aromatic carbocycles. The van der Waals surface area contributed by atoms with Crippen LogP contribution in [0.4, 0.5) is 0 Å². The summed E-state index contributed by atoms with van der Waals surface area (Å²) < 4.78 is 0. The van der Waals surface area contributed by atoms with Crippen molar-refractivity contribution in [3.05, 3.63) is 12.2 Å². The van der Waals surface area contributed by atoms with Crippen molar-refractivity contribution >= 4 is 12.1 Å². The minimum atomic E-state index is -0.0787. The van der Waals surface area contributed by atoms with E-state index in [2.05, 4.69) is 11.6 Å². The lowest BCUT2D eigenvalue weighted by molar-refractivity contribution is -0.116. The van der Waals surface area contributed by atoms with Crippen molar-refractivity contribution in [3.63, 3.8) is 0 Å². The molecular formula is C5H5NO. The van der Waals surface area contributed by atoms with Gasteiger partial charge in [-0.3, -0.25) is 4.79 Å². The van der Waals surface area contributed by atoms with Gasteiger partial charge < -0.3 is 0 Å². The van der Waals surface area contributed by atoms with Crippen molar-refractivity contribution in [1.29, 1.82) is 0 Å². The number of carbonyl (C=O) groups excluding carboxylic acids is 1. The van der Waals surface area contributed by atoms with Crippen LogP contribution >= 0.6 is 0 Å². The molecule has 1 amide bonds. The van der Waals surface area contributed by atoms with Crippen LogP contribution in [0.2, 0.25) is 0 Å². The van der Waals surface area contributed by atoms with Crippen molar-refractivity contribution in [1.82, 2.24) is 0 Å². The summed E-state index contributed by atoms with van der Waals surface area (Å²) in [7, 11) is 0. The first-order chi connectivity index (χ1) is 3.29. The van der Waals surface area contributed by atoms with E-state index in [1.165, 1.54) is 6.21 Å². The molecule has 0 saturated carbocycles. The highest BCUT2D eigenvalue weighted by Gasteiger charge is 2.05. The summed E-state index contributed by atoms with van der Waals surface area (Å²) in [5.74, 6) is -0.0787. The molecule has 1 heterocycles. The Morgan fingerprint density at radius 1 is 1.86 bits per heavy atom. The van der Waals surface area contributed by atoms with E-state index in [0.717, 1.165) is 5.57 Å². The second kappa shape index (κ2) is 1.30. The fraction of sp³-hybridized carbons (Fsp3) is 0.200. The first-order valence-electron chi connectivity index (χ1n) is 2.04. The van der Waals surface area contributed by atoms with E-state index in [-0.39, 0.29) is 5.91 Å². The van der Waals surface area contributed by atoms with Crippen LogP contribution in [-0.4, -0.2) is 12.1 Å². The number of hydrogen-bond donors (Lipinski definition) is 0. The SMILES string of the molecule is C=C1C=NC(=O)C1. The number of hydrogen-bond acceptors (Lipinski definition) is 1. The molecule has 1 aliphatic rings. The maximum Gasteiger partial charge on any atom is 0.250 e. The highest BCUT2D eigenvalue weighted by atomic mass is 16.1. The Kier molecular flexibility index (Phi) is 0.785. The maximum absolute atomic E-state index is 10.2. The molecular weight excluding hydrogens is 90.1 g/mol. The van der Waals surface area contributed by atoms with Gasteiger partial charge in [0.05, 0.1) is 6.42 Å². The highest BCUT2D eigenvalue weighted by Crippen LogP contribution is 2.02. The van der Waals surface area contributed by atoms with Gasteiger partial charge in [-0.05, 0) is 5.57 Å². The Labute approximate surface area is 41.6 Å². The third kappa shape index (κ3) is 0.738. The first-order valence-corrected chi connectivity index (χ1v) is 2.04. The molecule has 2 nitrogen and oxygen atoms in total. The van der Waals surface area contributed by atoms with Gasteiger partial charge in [-0.25, -0.2) is 4.99 Å². The van der Waals surface area contributed by atoms with E-state index in [4.69, 9.17) is 0 Å². The quantitative estimate of drug-likeness (QED) is 0.432. The Hall–Kier alpha value is -0.920. The molecule has 0 spiro atoms. The molecule has 36 valence electrons. The smallest absolute Gasteiger partial charge is 0.250 e. The van der Waals surface area contributed by atoms with Crippen molar-refractivity contribution < 1.29 is 4.79 Å². The minimum absolute atomic E-state index is 0.0787. The van der Waals surface area contributed by atoms with E-state index in [1.807, 2.05) is 0 Å². The predicted octanol–water partition coefficient (Wildman–Crippen LogP) is 0.544. The fourth-order valence-electron chi connectivity index (χ4n) is 0.449. The molecule has 0 aliphatic carbocycles. The molecule has 0 bridgehead atoms. The zero-order valence-electron chi connectivity index (χ0n) is 3.85. The number of rotatable bonds is 0. The standard InChI is InChI=1S/C5H5NO/c1-4-2-5(7)6-3-4/h3H,1-2H2. The second-order valence-corrected chi connectivity index (χ2v) is 1.49. The monoisotopic (exact) mass is 95.0 g/mol. The third-order valence-corrected chi connectivity index (χ3v) is 0.769. The molecule has 1 rings (SSSR count). The summed E-state index contributed by atoms with van der Waals surface area (Å²) in [5, 5.41) is 0. The Morgan fingerprint density at radius 3 is 2.71 bits per heavy atom. The number of amides is 1. The zero-order valence-corrected chi connectivity index (χ0v) is 3.85. The van der Waals surface area contributed by atoms with Gasteiger partial charge in [-0.2, -0.15) is 0 Å². The zero-order chi connectivity index (χ0) is 5.28. The molecule has 0 saturated heterocycles. The number of carbonyl (C=O) groups is 1. The van der Waals surface area contributed by atoms with Crippen LogP contribution in [0.25, 0.3) is 0 Å². The summed E-state index contributed by atoms with van der Waals surface area (Å²) in [6.07, 6.45) is 1.92. The molecule has 0 aromatic heterocycles. The molecule has 0 unspecified atom stereocenters. The molecule has 0 fully saturated rings. The maximum atomic E-state index is 10.2. The summed E-state index contributed by atoms with van der Waals surface area (Å²) >= 11 is 0. The van der Waals surface area contributed by atoms with Crippen LogP contribution < -0.4 is 0 Å². The molecule has 0 radical (unpaired) electrons. The van der Waals surface area contributed by atoms with Crippen LogP contribution in [0, 0.1) is 0 Å².